The van der Waals surface area contributed by atoms with Gasteiger partial charge in [0.2, 0.25) is 5.96 Å². The molecule has 1 saturated heterocycles. The van der Waals surface area contributed by atoms with Crippen molar-refractivity contribution < 1.29 is 8.78 Å². The first-order valence-electron chi connectivity index (χ1n) is 6.42. The van der Waals surface area contributed by atoms with Crippen LogP contribution in [0.5, 0.6) is 0 Å². The fourth-order valence-corrected chi connectivity index (χ4v) is 2.34. The average molecular weight is 397 g/mol. The largest absolute Gasteiger partial charge is 0.369 e. The van der Waals surface area contributed by atoms with E-state index in [0.717, 1.165) is 4.47 Å². The van der Waals surface area contributed by atoms with Crippen LogP contribution in [0.25, 0.3) is 0 Å². The predicted octanol–water partition coefficient (Wildman–Crippen LogP) is 2.86. The molecule has 0 spiro atoms. The monoisotopic (exact) mass is 395 g/mol. The van der Waals surface area contributed by atoms with Gasteiger partial charge in [-0.3, -0.25) is 0 Å². The molecule has 0 radical (unpaired) electrons. The molecule has 1 aromatic rings. The van der Waals surface area contributed by atoms with Crippen LogP contribution in [0.4, 0.5) is 14.5 Å². The SMILES string of the molecule is Cl.NC(=Nc1cccc(Br)c1)/N=C(/N)N1CCC(F)(F)CC1. The third-order valence-electron chi connectivity index (χ3n) is 3.10. The van der Waals surface area contributed by atoms with E-state index in [0.29, 0.717) is 5.69 Å². The summed E-state index contributed by atoms with van der Waals surface area (Å²) in [5, 5.41) is 0. The summed E-state index contributed by atoms with van der Waals surface area (Å²) < 4.78 is 27.0. The van der Waals surface area contributed by atoms with Gasteiger partial charge in [0.1, 0.15) is 0 Å². The maximum atomic E-state index is 13.1. The smallest absolute Gasteiger partial charge is 0.251 e. The topological polar surface area (TPSA) is 80.0 Å². The molecule has 0 saturated carbocycles. The lowest BCUT2D eigenvalue weighted by molar-refractivity contribution is -0.0435. The van der Waals surface area contributed by atoms with Crippen molar-refractivity contribution in [3.05, 3.63) is 28.7 Å². The molecule has 0 aliphatic carbocycles. The third kappa shape index (κ3) is 5.42. The predicted molar refractivity (Wildman–Crippen MR) is 90.0 cm³/mol. The number of benzene rings is 1. The van der Waals surface area contributed by atoms with Crippen molar-refractivity contribution >= 4 is 45.9 Å². The maximum absolute atomic E-state index is 13.1. The minimum absolute atomic E-state index is 0. The zero-order valence-corrected chi connectivity index (χ0v) is 14.1. The lowest BCUT2D eigenvalue weighted by atomic mass is 10.1. The van der Waals surface area contributed by atoms with Gasteiger partial charge in [-0.2, -0.15) is 4.99 Å². The van der Waals surface area contributed by atoms with Crippen LogP contribution in [0, 0.1) is 0 Å². The molecule has 0 bridgehead atoms. The number of rotatable bonds is 1. The van der Waals surface area contributed by atoms with E-state index in [1.54, 1.807) is 17.0 Å². The second kappa shape index (κ2) is 7.73. The Balaban J connectivity index is 0.00000242. The van der Waals surface area contributed by atoms with Crippen molar-refractivity contribution in [2.24, 2.45) is 21.5 Å². The molecule has 1 aromatic carbocycles. The van der Waals surface area contributed by atoms with Crippen molar-refractivity contribution in [1.82, 2.24) is 4.90 Å². The van der Waals surface area contributed by atoms with Gasteiger partial charge in [-0.1, -0.05) is 22.0 Å². The molecule has 4 N–H and O–H groups in total. The van der Waals surface area contributed by atoms with E-state index < -0.39 is 5.92 Å². The Morgan fingerprint density at radius 3 is 2.45 bits per heavy atom. The van der Waals surface area contributed by atoms with E-state index in [4.69, 9.17) is 11.5 Å². The van der Waals surface area contributed by atoms with Gasteiger partial charge in [0.15, 0.2) is 5.96 Å². The zero-order chi connectivity index (χ0) is 15.5. The molecule has 0 aromatic heterocycles. The van der Waals surface area contributed by atoms with Crippen molar-refractivity contribution in [1.29, 1.82) is 0 Å². The van der Waals surface area contributed by atoms with Crippen molar-refractivity contribution in [2.75, 3.05) is 13.1 Å². The molecular formula is C13H17BrClF2N5. The van der Waals surface area contributed by atoms with Crippen LogP contribution in [-0.4, -0.2) is 35.8 Å². The Kier molecular flexibility index (Phi) is 6.55. The number of likely N-dealkylation sites (tertiary alicyclic amines) is 1. The number of nitrogens with zero attached hydrogens (tertiary/aromatic N) is 3. The molecule has 22 heavy (non-hydrogen) atoms. The number of guanidine groups is 2. The third-order valence-corrected chi connectivity index (χ3v) is 3.59. The second-order valence-corrected chi connectivity index (χ2v) is 5.68. The number of hydrogen-bond donors (Lipinski definition) is 2. The van der Waals surface area contributed by atoms with Crippen LogP contribution < -0.4 is 11.5 Å². The van der Waals surface area contributed by atoms with E-state index in [1.807, 2.05) is 12.1 Å². The highest BCUT2D eigenvalue weighted by Crippen LogP contribution is 2.27. The summed E-state index contributed by atoms with van der Waals surface area (Å²) in [7, 11) is 0. The van der Waals surface area contributed by atoms with Gasteiger partial charge in [-0.25, -0.2) is 13.8 Å². The fourth-order valence-electron chi connectivity index (χ4n) is 1.95. The molecule has 1 aliphatic heterocycles. The number of aliphatic imine (C=N–C) groups is 2. The Hall–Kier alpha value is -1.41. The summed E-state index contributed by atoms with van der Waals surface area (Å²) in [5.74, 6) is -2.52. The molecule has 1 aliphatic rings. The first kappa shape index (κ1) is 18.6. The quantitative estimate of drug-likeness (QED) is 0.566. The molecule has 2 rings (SSSR count). The molecule has 9 heteroatoms. The van der Waals surface area contributed by atoms with E-state index >= 15 is 0 Å². The van der Waals surface area contributed by atoms with E-state index in [-0.39, 0.29) is 50.3 Å². The van der Waals surface area contributed by atoms with Crippen LogP contribution in [0.15, 0.2) is 38.7 Å². The highest BCUT2D eigenvalue weighted by atomic mass is 79.9. The summed E-state index contributed by atoms with van der Waals surface area (Å²) in [6, 6.07) is 7.22. The molecular weight excluding hydrogens is 380 g/mol. The number of piperidine rings is 1. The normalized spacial score (nSPS) is 18.8. The minimum Gasteiger partial charge on any atom is -0.369 e. The second-order valence-electron chi connectivity index (χ2n) is 4.76. The van der Waals surface area contributed by atoms with E-state index in [2.05, 4.69) is 25.9 Å². The highest BCUT2D eigenvalue weighted by molar-refractivity contribution is 9.10. The Morgan fingerprint density at radius 1 is 1.23 bits per heavy atom. The van der Waals surface area contributed by atoms with Crippen LogP contribution in [0.2, 0.25) is 0 Å². The standard InChI is InChI=1S/C13H16BrF2N5.ClH/c14-9-2-1-3-10(8-9)19-11(17)20-12(18)21-6-4-13(15,16)5-7-21;/h1-3,8H,4-7H2,(H4,17,18,19,20);1H. The summed E-state index contributed by atoms with van der Waals surface area (Å²) in [6.07, 6.45) is -0.461. The van der Waals surface area contributed by atoms with Gasteiger partial charge in [-0.05, 0) is 18.2 Å². The molecule has 0 amide bonds. The van der Waals surface area contributed by atoms with Gasteiger partial charge in [0, 0.05) is 30.4 Å². The lowest BCUT2D eigenvalue weighted by Crippen LogP contribution is -2.46. The van der Waals surface area contributed by atoms with Crippen LogP contribution in [0.3, 0.4) is 0 Å². The van der Waals surface area contributed by atoms with Gasteiger partial charge in [0.25, 0.3) is 5.92 Å². The number of nitrogens with two attached hydrogens (primary N) is 2. The highest BCUT2D eigenvalue weighted by Gasteiger charge is 2.34. The van der Waals surface area contributed by atoms with E-state index in [9.17, 15) is 8.78 Å². The van der Waals surface area contributed by atoms with Crippen LogP contribution >= 0.6 is 28.3 Å². The zero-order valence-electron chi connectivity index (χ0n) is 11.7. The molecule has 0 atom stereocenters. The summed E-state index contributed by atoms with van der Waals surface area (Å²) >= 11 is 3.33. The molecule has 1 fully saturated rings. The average Bonchev–Trinajstić information content (AvgIpc) is 2.38. The summed E-state index contributed by atoms with van der Waals surface area (Å²) in [6.45, 7) is 0.318. The number of halogens is 4. The maximum Gasteiger partial charge on any atom is 0.251 e. The Bertz CT molecular complexity index is 569. The number of alkyl halides is 2. The first-order chi connectivity index (χ1) is 9.85. The van der Waals surface area contributed by atoms with Gasteiger partial charge in [0.05, 0.1) is 5.69 Å². The van der Waals surface area contributed by atoms with Crippen LogP contribution in [0.1, 0.15) is 12.8 Å². The molecule has 5 nitrogen and oxygen atoms in total. The minimum atomic E-state index is -2.62. The Labute approximate surface area is 142 Å². The van der Waals surface area contributed by atoms with E-state index in [1.165, 1.54) is 0 Å². The van der Waals surface area contributed by atoms with Crippen molar-refractivity contribution in [3.8, 4) is 0 Å². The number of hydrogen-bond acceptors (Lipinski definition) is 1. The van der Waals surface area contributed by atoms with Gasteiger partial charge in [-0.15, -0.1) is 12.4 Å². The molecule has 1 heterocycles. The lowest BCUT2D eigenvalue weighted by Gasteiger charge is -2.32. The Morgan fingerprint density at radius 2 is 1.86 bits per heavy atom. The first-order valence-corrected chi connectivity index (χ1v) is 7.22. The van der Waals surface area contributed by atoms with Crippen LogP contribution in [-0.2, 0) is 0 Å². The van der Waals surface area contributed by atoms with Gasteiger partial charge < -0.3 is 16.4 Å². The summed E-state index contributed by atoms with van der Waals surface area (Å²) in [4.78, 5) is 9.65. The van der Waals surface area contributed by atoms with Crippen molar-refractivity contribution in [2.45, 2.75) is 18.8 Å². The molecule has 122 valence electrons. The van der Waals surface area contributed by atoms with Crippen molar-refractivity contribution in [3.63, 3.8) is 0 Å². The molecule has 0 unspecified atom stereocenters. The fraction of sp³-hybridized carbons (Fsp3) is 0.385. The van der Waals surface area contributed by atoms with Gasteiger partial charge >= 0.3 is 0 Å². The summed E-state index contributed by atoms with van der Waals surface area (Å²) in [5.41, 5.74) is 12.1.